The Kier molecular flexibility index (Phi) is 6.97. The summed E-state index contributed by atoms with van der Waals surface area (Å²) in [5.74, 6) is 5.79. The first-order valence-corrected chi connectivity index (χ1v) is 7.12. The molecule has 1 aromatic heterocycles. The highest BCUT2D eigenvalue weighted by Gasteiger charge is 2.09. The van der Waals surface area contributed by atoms with Crippen LogP contribution in [0, 0.1) is 0 Å². The van der Waals surface area contributed by atoms with Crippen molar-refractivity contribution in [1.29, 1.82) is 0 Å². The van der Waals surface area contributed by atoms with E-state index in [1.165, 1.54) is 0 Å². The van der Waals surface area contributed by atoms with Gasteiger partial charge in [0.2, 0.25) is 0 Å². The van der Waals surface area contributed by atoms with Gasteiger partial charge in [0.15, 0.2) is 0 Å². The SMILES string of the molecule is CCc1cc(C(=O)NCCN(CC)CC)cc(NN)n1. The van der Waals surface area contributed by atoms with E-state index in [1.54, 1.807) is 12.1 Å². The zero-order valence-corrected chi connectivity index (χ0v) is 12.6. The normalized spacial score (nSPS) is 10.7. The molecule has 6 nitrogen and oxygen atoms in total. The summed E-state index contributed by atoms with van der Waals surface area (Å²) in [7, 11) is 0. The van der Waals surface area contributed by atoms with E-state index in [0.717, 1.165) is 31.7 Å². The number of hydrogen-bond acceptors (Lipinski definition) is 5. The fourth-order valence-corrected chi connectivity index (χ4v) is 1.94. The van der Waals surface area contributed by atoms with E-state index < -0.39 is 0 Å². The molecule has 112 valence electrons. The second-order valence-electron chi connectivity index (χ2n) is 4.51. The monoisotopic (exact) mass is 279 g/mol. The number of likely N-dealkylation sites (N-methyl/N-ethyl adjacent to an activating group) is 1. The lowest BCUT2D eigenvalue weighted by molar-refractivity contribution is 0.0948. The molecule has 1 amide bonds. The maximum atomic E-state index is 12.1. The summed E-state index contributed by atoms with van der Waals surface area (Å²) in [6.45, 7) is 9.68. The summed E-state index contributed by atoms with van der Waals surface area (Å²) in [6.07, 6.45) is 0.759. The Morgan fingerprint density at radius 2 is 2.00 bits per heavy atom. The van der Waals surface area contributed by atoms with Crippen LogP contribution in [0.4, 0.5) is 5.82 Å². The molecule has 0 saturated heterocycles. The molecule has 1 aromatic rings. The van der Waals surface area contributed by atoms with Crippen LogP contribution in [0.3, 0.4) is 0 Å². The standard InChI is InChI=1S/C14H25N5O/c1-4-12-9-11(10-13(17-12)18-15)14(20)16-7-8-19(5-2)6-3/h9-10H,4-8,15H2,1-3H3,(H,16,20)(H,17,18). The molecule has 0 unspecified atom stereocenters. The van der Waals surface area contributed by atoms with E-state index in [4.69, 9.17) is 5.84 Å². The molecule has 0 atom stereocenters. The highest BCUT2D eigenvalue weighted by molar-refractivity contribution is 5.95. The van der Waals surface area contributed by atoms with Gasteiger partial charge in [-0.05, 0) is 31.6 Å². The van der Waals surface area contributed by atoms with Gasteiger partial charge in [0.05, 0.1) is 0 Å². The van der Waals surface area contributed by atoms with Crippen LogP contribution in [0.15, 0.2) is 12.1 Å². The number of nitrogens with zero attached hydrogens (tertiary/aromatic N) is 2. The molecule has 0 aliphatic rings. The summed E-state index contributed by atoms with van der Waals surface area (Å²) >= 11 is 0. The number of aromatic nitrogens is 1. The summed E-state index contributed by atoms with van der Waals surface area (Å²) in [4.78, 5) is 18.6. The number of aryl methyl sites for hydroxylation is 1. The van der Waals surface area contributed by atoms with E-state index >= 15 is 0 Å². The summed E-state index contributed by atoms with van der Waals surface area (Å²) in [5, 5.41) is 2.92. The first-order chi connectivity index (χ1) is 9.64. The Labute approximate surface area is 120 Å². The van der Waals surface area contributed by atoms with Crippen LogP contribution in [0.1, 0.15) is 36.8 Å². The number of amides is 1. The Morgan fingerprint density at radius 1 is 1.30 bits per heavy atom. The van der Waals surface area contributed by atoms with Gasteiger partial charge in [-0.25, -0.2) is 10.8 Å². The Morgan fingerprint density at radius 3 is 2.55 bits per heavy atom. The first-order valence-electron chi connectivity index (χ1n) is 7.12. The number of rotatable bonds is 8. The van der Waals surface area contributed by atoms with Crippen LogP contribution in [0.25, 0.3) is 0 Å². The van der Waals surface area contributed by atoms with E-state index in [0.29, 0.717) is 17.9 Å². The molecule has 0 saturated carbocycles. The molecular weight excluding hydrogens is 254 g/mol. The van der Waals surface area contributed by atoms with Crippen LogP contribution >= 0.6 is 0 Å². The van der Waals surface area contributed by atoms with Crippen molar-refractivity contribution in [3.05, 3.63) is 23.4 Å². The van der Waals surface area contributed by atoms with Gasteiger partial charge >= 0.3 is 0 Å². The van der Waals surface area contributed by atoms with Crippen LogP contribution in [0.2, 0.25) is 0 Å². The minimum Gasteiger partial charge on any atom is -0.351 e. The average Bonchev–Trinajstić information content (AvgIpc) is 2.50. The summed E-state index contributed by atoms with van der Waals surface area (Å²) in [5.41, 5.74) is 3.92. The van der Waals surface area contributed by atoms with Gasteiger partial charge in [-0.1, -0.05) is 20.8 Å². The van der Waals surface area contributed by atoms with Crippen LogP contribution < -0.4 is 16.6 Å². The molecule has 20 heavy (non-hydrogen) atoms. The molecule has 6 heteroatoms. The summed E-state index contributed by atoms with van der Waals surface area (Å²) in [6, 6.07) is 3.46. The van der Waals surface area contributed by atoms with Crippen molar-refractivity contribution in [2.45, 2.75) is 27.2 Å². The second-order valence-corrected chi connectivity index (χ2v) is 4.51. The second kappa shape index (κ2) is 8.50. The van der Waals surface area contributed by atoms with Gasteiger partial charge in [-0.2, -0.15) is 0 Å². The number of nitrogens with two attached hydrogens (primary N) is 1. The maximum Gasteiger partial charge on any atom is 0.251 e. The number of pyridine rings is 1. The Bertz CT molecular complexity index is 409. The van der Waals surface area contributed by atoms with E-state index in [9.17, 15) is 4.79 Å². The van der Waals surface area contributed by atoms with Crippen molar-refractivity contribution in [3.8, 4) is 0 Å². The highest BCUT2D eigenvalue weighted by Crippen LogP contribution is 2.10. The molecule has 0 fully saturated rings. The van der Waals surface area contributed by atoms with Crippen molar-refractivity contribution < 1.29 is 4.79 Å². The molecule has 0 bridgehead atoms. The number of hydrogen-bond donors (Lipinski definition) is 3. The zero-order valence-electron chi connectivity index (χ0n) is 12.6. The largest absolute Gasteiger partial charge is 0.351 e. The smallest absolute Gasteiger partial charge is 0.251 e. The molecule has 0 aliphatic carbocycles. The van der Waals surface area contributed by atoms with Crippen LogP contribution in [-0.4, -0.2) is 42.0 Å². The van der Waals surface area contributed by atoms with Crippen molar-refractivity contribution in [2.24, 2.45) is 5.84 Å². The molecule has 1 rings (SSSR count). The number of carbonyl (C=O) groups is 1. The lowest BCUT2D eigenvalue weighted by atomic mass is 10.2. The predicted octanol–water partition coefficient (Wildman–Crippen LogP) is 1.00. The maximum absolute atomic E-state index is 12.1. The number of nitrogen functional groups attached to an aromatic ring is 1. The Hall–Kier alpha value is -1.66. The first kappa shape index (κ1) is 16.4. The van der Waals surface area contributed by atoms with E-state index in [1.807, 2.05) is 6.92 Å². The van der Waals surface area contributed by atoms with Crippen molar-refractivity contribution in [3.63, 3.8) is 0 Å². The predicted molar refractivity (Wildman–Crippen MR) is 81.5 cm³/mol. The average molecular weight is 279 g/mol. The van der Waals surface area contributed by atoms with E-state index in [-0.39, 0.29) is 5.91 Å². The van der Waals surface area contributed by atoms with Crippen LogP contribution in [-0.2, 0) is 6.42 Å². The molecule has 0 aromatic carbocycles. The lowest BCUT2D eigenvalue weighted by Crippen LogP contribution is -2.34. The fraction of sp³-hybridized carbons (Fsp3) is 0.571. The third kappa shape index (κ3) is 4.79. The van der Waals surface area contributed by atoms with Crippen molar-refractivity contribution in [2.75, 3.05) is 31.6 Å². The van der Waals surface area contributed by atoms with Crippen molar-refractivity contribution in [1.82, 2.24) is 15.2 Å². The minimum absolute atomic E-state index is 0.0919. The third-order valence-corrected chi connectivity index (χ3v) is 3.26. The highest BCUT2D eigenvalue weighted by atomic mass is 16.1. The molecule has 0 aliphatic heterocycles. The van der Waals surface area contributed by atoms with Gasteiger partial charge in [0, 0.05) is 24.3 Å². The molecular formula is C14H25N5O. The summed E-state index contributed by atoms with van der Waals surface area (Å²) < 4.78 is 0. The van der Waals surface area contributed by atoms with Crippen molar-refractivity contribution >= 4 is 11.7 Å². The number of anilines is 1. The fourth-order valence-electron chi connectivity index (χ4n) is 1.94. The van der Waals surface area contributed by atoms with Gasteiger partial charge in [0.25, 0.3) is 5.91 Å². The van der Waals surface area contributed by atoms with Gasteiger partial charge in [0.1, 0.15) is 5.82 Å². The molecule has 4 N–H and O–H groups in total. The van der Waals surface area contributed by atoms with Gasteiger partial charge in [-0.15, -0.1) is 0 Å². The zero-order chi connectivity index (χ0) is 15.0. The third-order valence-electron chi connectivity index (χ3n) is 3.26. The number of carbonyl (C=O) groups excluding carboxylic acids is 1. The lowest BCUT2D eigenvalue weighted by Gasteiger charge is -2.18. The molecule has 0 radical (unpaired) electrons. The van der Waals surface area contributed by atoms with Crippen LogP contribution in [0.5, 0.6) is 0 Å². The molecule has 0 spiro atoms. The Balaban J connectivity index is 2.63. The quantitative estimate of drug-likeness (QED) is 0.488. The number of hydrazine groups is 1. The molecule has 1 heterocycles. The topological polar surface area (TPSA) is 83.3 Å². The van der Waals surface area contributed by atoms with Gasteiger partial charge < -0.3 is 15.6 Å². The van der Waals surface area contributed by atoms with Gasteiger partial charge in [-0.3, -0.25) is 4.79 Å². The minimum atomic E-state index is -0.0919. The van der Waals surface area contributed by atoms with E-state index in [2.05, 4.69) is 34.5 Å². The number of nitrogens with one attached hydrogen (secondary N) is 2.